The number of primary amides is 1. The molecule has 0 bridgehead atoms. The molecule has 0 aromatic rings. The molecule has 0 saturated carbocycles. The number of hydrogen-bond donors (Lipinski definition) is 2. The molecule has 0 aromatic carbocycles. The quantitative estimate of drug-likeness (QED) is 0.615. The number of likely N-dealkylation sites (tertiary alicyclic amines) is 1. The predicted octanol–water partition coefficient (Wildman–Crippen LogP) is 0.224. The Morgan fingerprint density at radius 1 is 1.38 bits per heavy atom. The van der Waals surface area contributed by atoms with E-state index in [9.17, 15) is 9.59 Å². The van der Waals surface area contributed by atoms with Gasteiger partial charge in [0, 0.05) is 25.9 Å². The zero-order valence-electron chi connectivity index (χ0n) is 7.10. The van der Waals surface area contributed by atoms with Crippen LogP contribution in [0.3, 0.4) is 0 Å². The summed E-state index contributed by atoms with van der Waals surface area (Å²) in [5.41, 5.74) is 4.83. The highest BCUT2D eigenvalue weighted by Gasteiger charge is 2.23. The van der Waals surface area contributed by atoms with Gasteiger partial charge < -0.3 is 20.5 Å². The molecule has 1 rings (SSSR count). The van der Waals surface area contributed by atoms with Gasteiger partial charge >= 0.3 is 12.2 Å². The number of rotatable bonds is 1. The van der Waals surface area contributed by atoms with E-state index in [2.05, 4.69) is 0 Å². The molecule has 1 aliphatic heterocycles. The van der Waals surface area contributed by atoms with E-state index in [0.29, 0.717) is 25.9 Å². The van der Waals surface area contributed by atoms with Crippen molar-refractivity contribution in [2.24, 2.45) is 5.73 Å². The second kappa shape index (κ2) is 3.97. The van der Waals surface area contributed by atoms with E-state index in [0.717, 1.165) is 0 Å². The van der Waals surface area contributed by atoms with Crippen molar-refractivity contribution < 1.29 is 19.4 Å². The maximum atomic E-state index is 10.5. The van der Waals surface area contributed by atoms with Crippen LogP contribution in [0.4, 0.5) is 9.59 Å². The summed E-state index contributed by atoms with van der Waals surface area (Å²) in [6.45, 7) is 0.792. The van der Waals surface area contributed by atoms with E-state index in [-0.39, 0.29) is 6.10 Å². The molecule has 13 heavy (non-hydrogen) atoms. The topological polar surface area (TPSA) is 92.9 Å². The molecule has 3 N–H and O–H groups in total. The standard InChI is InChI=1S/C7H12N2O4/c8-6(10)13-5-1-3-9(4-2-5)7(11)12/h5H,1-4H2,(H2,8,10)(H,11,12). The first-order valence-corrected chi connectivity index (χ1v) is 4.03. The number of nitrogens with zero attached hydrogens (tertiary/aromatic N) is 1. The molecule has 0 spiro atoms. The van der Waals surface area contributed by atoms with Crippen molar-refractivity contribution in [2.45, 2.75) is 18.9 Å². The van der Waals surface area contributed by atoms with Gasteiger partial charge in [0.05, 0.1) is 0 Å². The average Bonchev–Trinajstić information content (AvgIpc) is 2.04. The van der Waals surface area contributed by atoms with Gasteiger partial charge in [-0.2, -0.15) is 0 Å². The average molecular weight is 188 g/mol. The number of piperidine rings is 1. The van der Waals surface area contributed by atoms with Crippen LogP contribution in [0.1, 0.15) is 12.8 Å². The van der Waals surface area contributed by atoms with Gasteiger partial charge in [-0.15, -0.1) is 0 Å². The summed E-state index contributed by atoms with van der Waals surface area (Å²) < 4.78 is 4.74. The predicted molar refractivity (Wildman–Crippen MR) is 43.3 cm³/mol. The van der Waals surface area contributed by atoms with E-state index >= 15 is 0 Å². The largest absolute Gasteiger partial charge is 0.465 e. The summed E-state index contributed by atoms with van der Waals surface area (Å²) in [6.07, 6.45) is -0.913. The van der Waals surface area contributed by atoms with Gasteiger partial charge in [-0.1, -0.05) is 0 Å². The highest BCUT2D eigenvalue weighted by molar-refractivity contribution is 5.65. The van der Waals surface area contributed by atoms with Crippen LogP contribution in [0, 0.1) is 0 Å². The van der Waals surface area contributed by atoms with Crippen LogP contribution < -0.4 is 5.73 Å². The Hall–Kier alpha value is -1.46. The number of carboxylic acid groups (broad SMARTS) is 1. The van der Waals surface area contributed by atoms with Gasteiger partial charge in [0.15, 0.2) is 0 Å². The molecule has 6 nitrogen and oxygen atoms in total. The number of hydrogen-bond acceptors (Lipinski definition) is 3. The third-order valence-corrected chi connectivity index (χ3v) is 2.00. The first kappa shape index (κ1) is 9.63. The van der Waals surface area contributed by atoms with Crippen LogP contribution in [0.5, 0.6) is 0 Å². The van der Waals surface area contributed by atoms with E-state index in [4.69, 9.17) is 15.6 Å². The van der Waals surface area contributed by atoms with Gasteiger partial charge in [0.25, 0.3) is 0 Å². The molecule has 1 heterocycles. The Balaban J connectivity index is 2.30. The highest BCUT2D eigenvalue weighted by atomic mass is 16.6. The maximum absolute atomic E-state index is 10.5. The summed E-state index contributed by atoms with van der Waals surface area (Å²) in [4.78, 5) is 22.1. The van der Waals surface area contributed by atoms with Gasteiger partial charge in [-0.05, 0) is 0 Å². The number of carbonyl (C=O) groups excluding carboxylic acids is 1. The molecule has 74 valence electrons. The normalized spacial score (nSPS) is 18.3. The Labute approximate surface area is 75.3 Å². The van der Waals surface area contributed by atoms with Crippen molar-refractivity contribution in [3.05, 3.63) is 0 Å². The summed E-state index contributed by atoms with van der Waals surface area (Å²) in [5.74, 6) is 0. The lowest BCUT2D eigenvalue weighted by Gasteiger charge is -2.29. The fourth-order valence-electron chi connectivity index (χ4n) is 1.33. The smallest absolute Gasteiger partial charge is 0.407 e. The number of nitrogens with two attached hydrogens (primary N) is 1. The Morgan fingerprint density at radius 3 is 2.31 bits per heavy atom. The Kier molecular flexibility index (Phi) is 2.94. The van der Waals surface area contributed by atoms with Gasteiger partial charge in [-0.25, -0.2) is 9.59 Å². The third kappa shape index (κ3) is 2.81. The van der Waals surface area contributed by atoms with E-state index < -0.39 is 12.2 Å². The first-order valence-electron chi connectivity index (χ1n) is 4.03. The molecule has 1 aliphatic rings. The fourth-order valence-corrected chi connectivity index (χ4v) is 1.33. The van der Waals surface area contributed by atoms with Gasteiger partial charge in [0.2, 0.25) is 0 Å². The van der Waals surface area contributed by atoms with Gasteiger partial charge in [0.1, 0.15) is 6.10 Å². The third-order valence-electron chi connectivity index (χ3n) is 2.00. The minimum atomic E-state index is -0.933. The lowest BCUT2D eigenvalue weighted by molar-refractivity contribution is 0.0560. The Morgan fingerprint density at radius 2 is 1.92 bits per heavy atom. The van der Waals surface area contributed by atoms with Crippen molar-refractivity contribution >= 4 is 12.2 Å². The summed E-state index contributed by atoms with van der Waals surface area (Å²) in [5, 5.41) is 8.60. The van der Waals surface area contributed by atoms with E-state index in [1.807, 2.05) is 0 Å². The molecule has 0 unspecified atom stereocenters. The lowest BCUT2D eigenvalue weighted by atomic mass is 10.1. The summed E-state index contributed by atoms with van der Waals surface area (Å²) in [7, 11) is 0. The van der Waals surface area contributed by atoms with Crippen molar-refractivity contribution in [1.29, 1.82) is 0 Å². The molecule has 0 aromatic heterocycles. The molecule has 0 atom stereocenters. The second-order valence-electron chi connectivity index (χ2n) is 2.91. The monoisotopic (exact) mass is 188 g/mol. The highest BCUT2D eigenvalue weighted by Crippen LogP contribution is 2.13. The number of amides is 2. The maximum Gasteiger partial charge on any atom is 0.407 e. The van der Waals surface area contributed by atoms with E-state index in [1.165, 1.54) is 4.90 Å². The van der Waals surface area contributed by atoms with Crippen molar-refractivity contribution in [3.8, 4) is 0 Å². The molecule has 0 aliphatic carbocycles. The van der Waals surface area contributed by atoms with Gasteiger partial charge in [-0.3, -0.25) is 0 Å². The second-order valence-corrected chi connectivity index (χ2v) is 2.91. The van der Waals surface area contributed by atoms with E-state index in [1.54, 1.807) is 0 Å². The van der Waals surface area contributed by atoms with Crippen LogP contribution in [0.25, 0.3) is 0 Å². The molecule has 0 radical (unpaired) electrons. The van der Waals surface area contributed by atoms with Crippen molar-refractivity contribution in [3.63, 3.8) is 0 Å². The van der Waals surface area contributed by atoms with Crippen LogP contribution in [0.2, 0.25) is 0 Å². The van der Waals surface area contributed by atoms with Crippen molar-refractivity contribution in [2.75, 3.05) is 13.1 Å². The number of carbonyl (C=O) groups is 2. The minimum absolute atomic E-state index is 0.229. The SMILES string of the molecule is NC(=O)OC1CCN(C(=O)O)CC1. The number of ether oxygens (including phenoxy) is 1. The van der Waals surface area contributed by atoms with Crippen LogP contribution >= 0.6 is 0 Å². The molecular formula is C7H12N2O4. The van der Waals surface area contributed by atoms with Crippen molar-refractivity contribution in [1.82, 2.24) is 4.90 Å². The summed E-state index contributed by atoms with van der Waals surface area (Å²) >= 11 is 0. The first-order chi connectivity index (χ1) is 6.09. The van der Waals surface area contributed by atoms with Crippen LogP contribution in [-0.2, 0) is 4.74 Å². The zero-order chi connectivity index (χ0) is 9.84. The molecule has 1 fully saturated rings. The minimum Gasteiger partial charge on any atom is -0.465 e. The zero-order valence-corrected chi connectivity index (χ0v) is 7.10. The molecule has 2 amide bonds. The van der Waals surface area contributed by atoms with Crippen LogP contribution in [0.15, 0.2) is 0 Å². The Bertz CT molecular complexity index is 211. The molecule has 6 heteroatoms. The van der Waals surface area contributed by atoms with Crippen LogP contribution in [-0.4, -0.2) is 41.4 Å². The fraction of sp³-hybridized carbons (Fsp3) is 0.714. The molecule has 1 saturated heterocycles. The lowest BCUT2D eigenvalue weighted by Crippen LogP contribution is -2.41. The molecular weight excluding hydrogens is 176 g/mol. The summed E-state index contributed by atoms with van der Waals surface area (Å²) in [6, 6.07) is 0.